The summed E-state index contributed by atoms with van der Waals surface area (Å²) < 4.78 is 5.10. The van der Waals surface area contributed by atoms with Gasteiger partial charge in [0.25, 0.3) is 0 Å². The lowest BCUT2D eigenvalue weighted by Gasteiger charge is -2.13. The summed E-state index contributed by atoms with van der Waals surface area (Å²) in [5.41, 5.74) is 1.23. The number of hydrogen-bond acceptors (Lipinski definition) is 3. The summed E-state index contributed by atoms with van der Waals surface area (Å²) in [6, 6.07) is 7.82. The molecule has 0 aliphatic rings. The number of likely N-dealkylation sites (N-methyl/N-ethyl adjacent to an activating group) is 1. The lowest BCUT2D eigenvalue weighted by Crippen LogP contribution is -2.42. The van der Waals surface area contributed by atoms with Crippen molar-refractivity contribution >= 4 is 5.91 Å². The average molecular weight is 250 g/mol. The van der Waals surface area contributed by atoms with Crippen molar-refractivity contribution in [3.63, 3.8) is 0 Å². The lowest BCUT2D eigenvalue weighted by molar-refractivity contribution is -0.122. The first-order valence-corrected chi connectivity index (χ1v) is 6.31. The quantitative estimate of drug-likeness (QED) is 0.768. The zero-order valence-electron chi connectivity index (χ0n) is 11.3. The molecule has 0 radical (unpaired) electrons. The molecule has 0 aliphatic heterocycles. The summed E-state index contributed by atoms with van der Waals surface area (Å²) in [6.07, 6.45) is 0.897. The highest BCUT2D eigenvalue weighted by molar-refractivity contribution is 5.81. The number of nitrogens with one attached hydrogen (secondary N) is 2. The molecule has 0 saturated heterocycles. The highest BCUT2D eigenvalue weighted by atomic mass is 16.5. The maximum atomic E-state index is 11.5. The second-order valence-electron chi connectivity index (χ2n) is 4.17. The van der Waals surface area contributed by atoms with Gasteiger partial charge in [0.2, 0.25) is 5.91 Å². The molecule has 0 aliphatic carbocycles. The van der Waals surface area contributed by atoms with Gasteiger partial charge in [-0.25, -0.2) is 0 Å². The number of methoxy groups -OCH3 is 1. The smallest absolute Gasteiger partial charge is 0.236 e. The first-order valence-electron chi connectivity index (χ1n) is 6.31. The minimum atomic E-state index is -0.150. The molecule has 1 aromatic carbocycles. The number of ether oxygens (including phenoxy) is 1. The summed E-state index contributed by atoms with van der Waals surface area (Å²) >= 11 is 0. The molecule has 2 N–H and O–H groups in total. The van der Waals surface area contributed by atoms with E-state index in [2.05, 4.69) is 10.6 Å². The number of benzene rings is 1. The van der Waals surface area contributed by atoms with Gasteiger partial charge in [0.05, 0.1) is 13.2 Å². The van der Waals surface area contributed by atoms with Crippen LogP contribution in [0.25, 0.3) is 0 Å². The van der Waals surface area contributed by atoms with Crippen molar-refractivity contribution in [1.82, 2.24) is 10.6 Å². The van der Waals surface area contributed by atoms with Gasteiger partial charge in [0.1, 0.15) is 5.75 Å². The number of carbonyl (C=O) groups excluding carboxylic acids is 1. The SMILES string of the molecule is CCNC(=O)C(C)NCCc1ccc(OC)cc1. The van der Waals surface area contributed by atoms with Crippen LogP contribution < -0.4 is 15.4 Å². The molecule has 0 spiro atoms. The van der Waals surface area contributed by atoms with E-state index in [1.54, 1.807) is 7.11 Å². The van der Waals surface area contributed by atoms with Crippen LogP contribution in [0.2, 0.25) is 0 Å². The van der Waals surface area contributed by atoms with E-state index in [9.17, 15) is 4.79 Å². The summed E-state index contributed by atoms with van der Waals surface area (Å²) in [5.74, 6) is 0.912. The number of amides is 1. The molecule has 4 nitrogen and oxygen atoms in total. The van der Waals surface area contributed by atoms with Crippen LogP contribution in [0.5, 0.6) is 5.75 Å². The van der Waals surface area contributed by atoms with Crippen molar-refractivity contribution in [2.75, 3.05) is 20.2 Å². The Balaban J connectivity index is 2.30. The molecule has 18 heavy (non-hydrogen) atoms. The molecule has 1 aromatic rings. The zero-order valence-corrected chi connectivity index (χ0v) is 11.3. The van der Waals surface area contributed by atoms with Gasteiger partial charge < -0.3 is 15.4 Å². The Kier molecular flexibility index (Phi) is 6.22. The van der Waals surface area contributed by atoms with Gasteiger partial charge >= 0.3 is 0 Å². The Labute approximate surface area is 109 Å². The molecular weight excluding hydrogens is 228 g/mol. The molecule has 0 saturated carbocycles. The number of rotatable bonds is 7. The Morgan fingerprint density at radius 1 is 1.33 bits per heavy atom. The molecule has 1 unspecified atom stereocenters. The normalized spacial score (nSPS) is 11.9. The molecule has 4 heteroatoms. The second kappa shape index (κ2) is 7.71. The van der Waals surface area contributed by atoms with Crippen molar-refractivity contribution in [3.05, 3.63) is 29.8 Å². The lowest BCUT2D eigenvalue weighted by atomic mass is 10.1. The molecule has 0 aromatic heterocycles. The average Bonchev–Trinajstić information content (AvgIpc) is 2.39. The van der Waals surface area contributed by atoms with E-state index in [-0.39, 0.29) is 11.9 Å². The van der Waals surface area contributed by atoms with Gasteiger partial charge in [0, 0.05) is 6.54 Å². The van der Waals surface area contributed by atoms with Crippen molar-refractivity contribution in [2.45, 2.75) is 26.3 Å². The Morgan fingerprint density at radius 2 is 2.00 bits per heavy atom. The number of carbonyl (C=O) groups is 1. The van der Waals surface area contributed by atoms with Crippen molar-refractivity contribution in [2.24, 2.45) is 0 Å². The highest BCUT2D eigenvalue weighted by Crippen LogP contribution is 2.11. The second-order valence-corrected chi connectivity index (χ2v) is 4.17. The first-order chi connectivity index (χ1) is 8.67. The van der Waals surface area contributed by atoms with Crippen LogP contribution in [0, 0.1) is 0 Å². The summed E-state index contributed by atoms with van der Waals surface area (Å²) in [7, 11) is 1.66. The zero-order chi connectivity index (χ0) is 13.4. The molecule has 100 valence electrons. The molecule has 1 rings (SSSR count). The Bertz CT molecular complexity index is 363. The van der Waals surface area contributed by atoms with Gasteiger partial charge in [-0.3, -0.25) is 4.79 Å². The fourth-order valence-corrected chi connectivity index (χ4v) is 1.65. The van der Waals surface area contributed by atoms with Gasteiger partial charge in [-0.15, -0.1) is 0 Å². The predicted octanol–water partition coefficient (Wildman–Crippen LogP) is 1.35. The van der Waals surface area contributed by atoms with Crippen LogP contribution in [-0.4, -0.2) is 32.1 Å². The molecule has 0 fully saturated rings. The van der Waals surface area contributed by atoms with Crippen LogP contribution in [0.1, 0.15) is 19.4 Å². The third kappa shape index (κ3) is 4.75. The monoisotopic (exact) mass is 250 g/mol. The third-order valence-electron chi connectivity index (χ3n) is 2.77. The number of hydrogen-bond donors (Lipinski definition) is 2. The third-order valence-corrected chi connectivity index (χ3v) is 2.77. The maximum absolute atomic E-state index is 11.5. The largest absolute Gasteiger partial charge is 0.497 e. The van der Waals surface area contributed by atoms with E-state index in [0.717, 1.165) is 18.7 Å². The first kappa shape index (κ1) is 14.5. The van der Waals surface area contributed by atoms with Gasteiger partial charge in [-0.1, -0.05) is 12.1 Å². The molecule has 0 bridgehead atoms. The Hall–Kier alpha value is -1.55. The minimum absolute atomic E-state index is 0.0484. The van der Waals surface area contributed by atoms with Crippen LogP contribution in [0.15, 0.2) is 24.3 Å². The van der Waals surface area contributed by atoms with Crippen LogP contribution in [0.3, 0.4) is 0 Å². The summed E-state index contributed by atoms with van der Waals surface area (Å²) in [5, 5.41) is 5.99. The molecular formula is C14H22N2O2. The van der Waals surface area contributed by atoms with E-state index in [4.69, 9.17) is 4.74 Å². The van der Waals surface area contributed by atoms with E-state index in [0.29, 0.717) is 6.54 Å². The van der Waals surface area contributed by atoms with E-state index < -0.39 is 0 Å². The predicted molar refractivity (Wildman–Crippen MR) is 72.8 cm³/mol. The highest BCUT2D eigenvalue weighted by Gasteiger charge is 2.09. The summed E-state index contributed by atoms with van der Waals surface area (Å²) in [6.45, 7) is 5.24. The summed E-state index contributed by atoms with van der Waals surface area (Å²) in [4.78, 5) is 11.5. The molecule has 0 heterocycles. The van der Waals surface area contributed by atoms with Crippen molar-refractivity contribution in [1.29, 1.82) is 0 Å². The molecule has 1 amide bonds. The minimum Gasteiger partial charge on any atom is -0.497 e. The van der Waals surface area contributed by atoms with Crippen LogP contribution >= 0.6 is 0 Å². The standard InChI is InChI=1S/C14H22N2O2/c1-4-15-14(17)11(2)16-10-9-12-5-7-13(18-3)8-6-12/h5-8,11,16H,4,9-10H2,1-3H3,(H,15,17). The van der Waals surface area contributed by atoms with E-state index in [1.807, 2.05) is 38.1 Å². The van der Waals surface area contributed by atoms with Gasteiger partial charge in [-0.2, -0.15) is 0 Å². The van der Waals surface area contributed by atoms with Gasteiger partial charge in [-0.05, 0) is 44.5 Å². The van der Waals surface area contributed by atoms with Crippen molar-refractivity contribution < 1.29 is 9.53 Å². The maximum Gasteiger partial charge on any atom is 0.236 e. The fourth-order valence-electron chi connectivity index (χ4n) is 1.65. The van der Waals surface area contributed by atoms with E-state index in [1.165, 1.54) is 5.56 Å². The topological polar surface area (TPSA) is 50.4 Å². The molecule has 1 atom stereocenters. The Morgan fingerprint density at radius 3 is 2.56 bits per heavy atom. The van der Waals surface area contributed by atoms with Crippen LogP contribution in [-0.2, 0) is 11.2 Å². The van der Waals surface area contributed by atoms with E-state index >= 15 is 0 Å². The van der Waals surface area contributed by atoms with Gasteiger partial charge in [0.15, 0.2) is 0 Å². The fraction of sp³-hybridized carbons (Fsp3) is 0.500. The van der Waals surface area contributed by atoms with Crippen LogP contribution in [0.4, 0.5) is 0 Å². The van der Waals surface area contributed by atoms with Crippen molar-refractivity contribution in [3.8, 4) is 5.75 Å².